The van der Waals surface area contributed by atoms with E-state index < -0.39 is 0 Å². The molecule has 7 nitrogen and oxygen atoms in total. The zero-order valence-corrected chi connectivity index (χ0v) is 19.1. The fourth-order valence-corrected chi connectivity index (χ4v) is 3.57. The summed E-state index contributed by atoms with van der Waals surface area (Å²) in [4.78, 5) is 25.9. The average molecular weight is 422 g/mol. The molecule has 0 radical (unpaired) electrons. The molecular formula is C24H31N5O2. The molecule has 31 heavy (non-hydrogen) atoms. The van der Waals surface area contributed by atoms with Gasteiger partial charge in [-0.1, -0.05) is 0 Å². The highest BCUT2D eigenvalue weighted by Gasteiger charge is 2.24. The van der Waals surface area contributed by atoms with E-state index >= 15 is 0 Å². The van der Waals surface area contributed by atoms with Crippen molar-refractivity contribution in [3.05, 3.63) is 54.2 Å². The summed E-state index contributed by atoms with van der Waals surface area (Å²) in [7, 11) is 7.71. The lowest BCUT2D eigenvalue weighted by Gasteiger charge is -2.36. The van der Waals surface area contributed by atoms with Crippen LogP contribution in [0.1, 0.15) is 13.8 Å². The molecule has 0 spiro atoms. The first-order chi connectivity index (χ1) is 14.9. The molecule has 0 amide bonds. The highest BCUT2D eigenvalue weighted by molar-refractivity contribution is 5.85. The van der Waals surface area contributed by atoms with Crippen LogP contribution >= 0.6 is 0 Å². The van der Waals surface area contributed by atoms with Crippen LogP contribution in [0.2, 0.25) is 0 Å². The van der Waals surface area contributed by atoms with E-state index in [1.807, 2.05) is 58.4 Å². The second-order valence-electron chi connectivity index (χ2n) is 7.63. The van der Waals surface area contributed by atoms with Crippen molar-refractivity contribution in [2.45, 2.75) is 20.0 Å². The monoisotopic (exact) mass is 421 g/mol. The van der Waals surface area contributed by atoms with Gasteiger partial charge in [0.25, 0.3) is 0 Å². The summed E-state index contributed by atoms with van der Waals surface area (Å²) >= 11 is 0. The van der Waals surface area contributed by atoms with Crippen molar-refractivity contribution < 1.29 is 9.53 Å². The van der Waals surface area contributed by atoms with E-state index in [2.05, 4.69) is 43.7 Å². The van der Waals surface area contributed by atoms with Gasteiger partial charge in [0.05, 0.1) is 12.8 Å². The minimum atomic E-state index is -0.237. The van der Waals surface area contributed by atoms with Gasteiger partial charge in [-0.05, 0) is 61.9 Å². The number of carbonyl (C=O) groups is 1. The van der Waals surface area contributed by atoms with Gasteiger partial charge < -0.3 is 24.4 Å². The van der Waals surface area contributed by atoms with Crippen LogP contribution in [0.5, 0.6) is 5.75 Å². The summed E-state index contributed by atoms with van der Waals surface area (Å²) in [5, 5.41) is 1.06. The van der Waals surface area contributed by atoms with E-state index in [1.165, 1.54) is 0 Å². The normalized spacial score (nSPS) is 12.5. The molecule has 0 aliphatic heterocycles. The lowest BCUT2D eigenvalue weighted by molar-refractivity contribution is -0.104. The lowest BCUT2D eigenvalue weighted by atomic mass is 10.2. The number of aromatic nitrogens is 2. The second kappa shape index (κ2) is 9.55. The number of aromatic amines is 1. The summed E-state index contributed by atoms with van der Waals surface area (Å²) in [6, 6.07) is 12.0. The molecule has 1 atom stereocenters. The number of pyridine rings is 1. The van der Waals surface area contributed by atoms with Crippen LogP contribution in [-0.2, 0) is 4.79 Å². The SMILES string of the molecule is CCN(C)c1cccnc1N(C)C(/C=C(\C)C=O)N(C)c1cc2cc(OC)ccc2[nH]1. The number of methoxy groups -OCH3 is 1. The number of ether oxygens (including phenoxy) is 1. The number of benzene rings is 1. The minimum Gasteiger partial charge on any atom is -0.497 e. The van der Waals surface area contributed by atoms with Crippen molar-refractivity contribution in [2.75, 3.05) is 49.5 Å². The van der Waals surface area contributed by atoms with Gasteiger partial charge >= 0.3 is 0 Å². The lowest BCUT2D eigenvalue weighted by Crippen LogP contribution is -2.45. The molecule has 0 aliphatic carbocycles. The smallest absolute Gasteiger partial charge is 0.153 e. The Morgan fingerprint density at radius 3 is 2.65 bits per heavy atom. The molecule has 1 unspecified atom stereocenters. The summed E-state index contributed by atoms with van der Waals surface area (Å²) in [5.74, 6) is 2.58. The van der Waals surface area contributed by atoms with Gasteiger partial charge in [-0.15, -0.1) is 0 Å². The molecule has 7 heteroatoms. The Labute approximate surface area is 183 Å². The van der Waals surface area contributed by atoms with Crippen LogP contribution in [0.25, 0.3) is 10.9 Å². The van der Waals surface area contributed by atoms with Crippen LogP contribution in [0, 0.1) is 0 Å². The van der Waals surface area contributed by atoms with Crippen molar-refractivity contribution in [1.82, 2.24) is 9.97 Å². The molecule has 0 bridgehead atoms. The summed E-state index contributed by atoms with van der Waals surface area (Å²) < 4.78 is 5.35. The number of allylic oxidation sites excluding steroid dienone is 1. The Balaban J connectivity index is 2.04. The van der Waals surface area contributed by atoms with Gasteiger partial charge in [0.1, 0.15) is 24.0 Å². The number of hydrogen-bond donors (Lipinski definition) is 1. The molecule has 0 saturated heterocycles. The number of likely N-dealkylation sites (N-methyl/N-ethyl adjacent to an activating group) is 2. The van der Waals surface area contributed by atoms with Crippen LogP contribution < -0.4 is 19.4 Å². The molecule has 1 aromatic carbocycles. The third kappa shape index (κ3) is 4.66. The van der Waals surface area contributed by atoms with Crippen molar-refractivity contribution in [3.63, 3.8) is 0 Å². The fraction of sp³-hybridized carbons (Fsp3) is 0.333. The first-order valence-electron chi connectivity index (χ1n) is 10.3. The van der Waals surface area contributed by atoms with Gasteiger partial charge in [0.15, 0.2) is 5.82 Å². The fourth-order valence-electron chi connectivity index (χ4n) is 3.57. The quantitative estimate of drug-likeness (QED) is 0.319. The van der Waals surface area contributed by atoms with E-state index in [4.69, 9.17) is 4.74 Å². The molecule has 2 heterocycles. The van der Waals surface area contributed by atoms with Crippen LogP contribution in [0.4, 0.5) is 17.3 Å². The number of carbonyl (C=O) groups excluding carboxylic acids is 1. The van der Waals surface area contributed by atoms with Gasteiger partial charge in [-0.3, -0.25) is 4.79 Å². The van der Waals surface area contributed by atoms with Crippen LogP contribution in [0.15, 0.2) is 54.2 Å². The minimum absolute atomic E-state index is 0.237. The van der Waals surface area contributed by atoms with Crippen LogP contribution in [0.3, 0.4) is 0 Å². The molecular weight excluding hydrogens is 390 g/mol. The Morgan fingerprint density at radius 1 is 1.19 bits per heavy atom. The topological polar surface area (TPSA) is 64.7 Å². The molecule has 164 valence electrons. The Bertz CT molecular complexity index is 1070. The maximum atomic E-state index is 11.4. The maximum Gasteiger partial charge on any atom is 0.153 e. The summed E-state index contributed by atoms with van der Waals surface area (Å²) in [5.41, 5.74) is 2.71. The van der Waals surface area contributed by atoms with Gasteiger partial charge in [0.2, 0.25) is 0 Å². The average Bonchev–Trinajstić information content (AvgIpc) is 3.24. The first-order valence-corrected chi connectivity index (χ1v) is 10.3. The van der Waals surface area contributed by atoms with E-state index in [1.54, 1.807) is 13.3 Å². The van der Waals surface area contributed by atoms with E-state index in [0.717, 1.165) is 46.8 Å². The number of aldehydes is 1. The number of hydrogen-bond acceptors (Lipinski definition) is 6. The molecule has 1 N–H and O–H groups in total. The Kier molecular flexibility index (Phi) is 6.84. The van der Waals surface area contributed by atoms with Crippen molar-refractivity contribution in [2.24, 2.45) is 0 Å². The number of nitrogens with one attached hydrogen (secondary N) is 1. The van der Waals surface area contributed by atoms with Crippen molar-refractivity contribution in [3.8, 4) is 5.75 Å². The predicted molar refractivity (Wildman–Crippen MR) is 128 cm³/mol. The molecule has 0 saturated carbocycles. The molecule has 2 aromatic heterocycles. The van der Waals surface area contributed by atoms with Gasteiger partial charge in [-0.2, -0.15) is 0 Å². The van der Waals surface area contributed by atoms with Crippen molar-refractivity contribution >= 4 is 34.5 Å². The van der Waals surface area contributed by atoms with E-state index in [0.29, 0.717) is 5.57 Å². The zero-order valence-electron chi connectivity index (χ0n) is 19.1. The molecule has 3 aromatic rings. The Hall–Kier alpha value is -3.48. The second-order valence-corrected chi connectivity index (χ2v) is 7.63. The third-order valence-electron chi connectivity index (χ3n) is 5.57. The van der Waals surface area contributed by atoms with Crippen LogP contribution in [-0.4, -0.2) is 57.2 Å². The highest BCUT2D eigenvalue weighted by atomic mass is 16.5. The number of anilines is 3. The van der Waals surface area contributed by atoms with E-state index in [9.17, 15) is 4.79 Å². The number of nitrogens with zero attached hydrogens (tertiary/aromatic N) is 4. The largest absolute Gasteiger partial charge is 0.497 e. The number of rotatable bonds is 9. The molecule has 3 rings (SSSR count). The molecule has 0 aliphatic rings. The Morgan fingerprint density at radius 2 is 1.97 bits per heavy atom. The van der Waals surface area contributed by atoms with Gasteiger partial charge in [-0.25, -0.2) is 4.98 Å². The number of H-pyrrole nitrogens is 1. The molecule has 0 fully saturated rings. The zero-order chi connectivity index (χ0) is 22.5. The first kappa shape index (κ1) is 22.2. The summed E-state index contributed by atoms with van der Waals surface area (Å²) in [6.45, 7) is 4.78. The summed E-state index contributed by atoms with van der Waals surface area (Å²) in [6.07, 6.45) is 4.38. The van der Waals surface area contributed by atoms with Gasteiger partial charge in [0, 0.05) is 44.8 Å². The van der Waals surface area contributed by atoms with E-state index in [-0.39, 0.29) is 6.17 Å². The predicted octanol–water partition coefficient (Wildman–Crippen LogP) is 4.07. The highest BCUT2D eigenvalue weighted by Crippen LogP contribution is 2.31. The number of fused-ring (bicyclic) bond motifs is 1. The third-order valence-corrected chi connectivity index (χ3v) is 5.57. The maximum absolute atomic E-state index is 11.4. The standard InChI is InChI=1S/C24H31N5O2/c1-7-27(3)21-9-8-12-25-24(21)29(5)23(13-17(2)16-30)28(4)22-15-18-14-19(31-6)10-11-20(18)26-22/h8-16,23,26H,7H2,1-6H3/b17-13+. The van der Waals surface area contributed by atoms with Crippen molar-refractivity contribution in [1.29, 1.82) is 0 Å².